The zero-order chi connectivity index (χ0) is 14.3. The fraction of sp³-hybridized carbons (Fsp3) is 0.600. The first-order valence-corrected chi connectivity index (χ1v) is 7.71. The van der Waals surface area contributed by atoms with Gasteiger partial charge >= 0.3 is 0 Å². The Balaban J connectivity index is 2.33. The molecule has 0 fully saturated rings. The van der Waals surface area contributed by atoms with Gasteiger partial charge in [0.2, 0.25) is 0 Å². The van der Waals surface area contributed by atoms with Crippen molar-refractivity contribution >= 4 is 11.8 Å². The largest absolute Gasteiger partial charge is 0.394 e. The Morgan fingerprint density at radius 1 is 1.42 bits per heavy atom. The number of rotatable bonds is 8. The van der Waals surface area contributed by atoms with Crippen LogP contribution in [0.3, 0.4) is 0 Å². The van der Waals surface area contributed by atoms with Gasteiger partial charge in [0.1, 0.15) is 5.82 Å². The molecule has 0 bridgehead atoms. The summed E-state index contributed by atoms with van der Waals surface area (Å²) in [6.07, 6.45) is 1.89. The third kappa shape index (κ3) is 6.41. The van der Waals surface area contributed by atoms with Crippen LogP contribution in [-0.2, 0) is 0 Å². The van der Waals surface area contributed by atoms with E-state index in [0.29, 0.717) is 6.04 Å². The second kappa shape index (κ2) is 7.88. The number of aliphatic hydroxyl groups excluding tert-OH is 1. The molecular weight excluding hydrogens is 261 g/mol. The number of aliphatic hydroxyl groups is 1. The summed E-state index contributed by atoms with van der Waals surface area (Å²) in [4.78, 5) is 0.961. The van der Waals surface area contributed by atoms with Crippen molar-refractivity contribution in [2.75, 3.05) is 12.4 Å². The Hall–Kier alpha value is -0.580. The van der Waals surface area contributed by atoms with Gasteiger partial charge in [0.05, 0.1) is 6.61 Å². The summed E-state index contributed by atoms with van der Waals surface area (Å²) in [7, 11) is 0. The van der Waals surface area contributed by atoms with Crippen LogP contribution in [0.5, 0.6) is 0 Å². The highest BCUT2D eigenvalue weighted by Crippen LogP contribution is 2.22. The number of nitrogens with one attached hydrogen (secondary N) is 1. The first kappa shape index (κ1) is 16.5. The Bertz CT molecular complexity index is 386. The lowest BCUT2D eigenvalue weighted by Gasteiger charge is -2.31. The minimum absolute atomic E-state index is 0.135. The van der Waals surface area contributed by atoms with Crippen LogP contribution in [-0.4, -0.2) is 29.0 Å². The molecular formula is C15H24FNOS. The van der Waals surface area contributed by atoms with E-state index in [-0.39, 0.29) is 18.0 Å². The summed E-state index contributed by atoms with van der Waals surface area (Å²) in [5.74, 6) is 0.741. The molecule has 1 aromatic carbocycles. The molecule has 0 aliphatic rings. The molecule has 0 heterocycles. The summed E-state index contributed by atoms with van der Waals surface area (Å²) in [6.45, 7) is 6.33. The van der Waals surface area contributed by atoms with Gasteiger partial charge in [-0.3, -0.25) is 0 Å². The predicted octanol–water partition coefficient (Wildman–Crippen LogP) is 3.45. The molecule has 108 valence electrons. The van der Waals surface area contributed by atoms with Gasteiger partial charge in [-0.2, -0.15) is 0 Å². The van der Waals surface area contributed by atoms with Crippen LogP contribution in [0.25, 0.3) is 0 Å². The van der Waals surface area contributed by atoms with Gasteiger partial charge < -0.3 is 10.4 Å². The third-order valence-electron chi connectivity index (χ3n) is 2.92. The second-order valence-electron chi connectivity index (χ2n) is 5.43. The van der Waals surface area contributed by atoms with Gasteiger partial charge in [-0.1, -0.05) is 19.9 Å². The van der Waals surface area contributed by atoms with Crippen molar-refractivity contribution in [1.82, 2.24) is 5.32 Å². The summed E-state index contributed by atoms with van der Waals surface area (Å²) >= 11 is 1.66. The fourth-order valence-electron chi connectivity index (χ4n) is 2.10. The first-order valence-electron chi connectivity index (χ1n) is 6.72. The second-order valence-corrected chi connectivity index (χ2v) is 6.60. The lowest BCUT2D eigenvalue weighted by Crippen LogP contribution is -2.49. The van der Waals surface area contributed by atoms with Gasteiger partial charge in [-0.05, 0) is 43.7 Å². The van der Waals surface area contributed by atoms with Crippen LogP contribution >= 0.6 is 11.8 Å². The van der Waals surface area contributed by atoms with E-state index in [9.17, 15) is 9.50 Å². The van der Waals surface area contributed by atoms with Crippen molar-refractivity contribution in [2.24, 2.45) is 0 Å². The number of hydrogen-bond acceptors (Lipinski definition) is 3. The molecule has 2 nitrogen and oxygen atoms in total. The minimum atomic E-state index is -0.226. The predicted molar refractivity (Wildman–Crippen MR) is 80.1 cm³/mol. The molecule has 0 amide bonds. The SMILES string of the molecule is CC(C)NC(C)(CO)CCCSc1cccc(F)c1. The quantitative estimate of drug-likeness (QED) is 0.567. The number of thioether (sulfide) groups is 1. The normalized spacial score (nSPS) is 14.6. The molecule has 0 radical (unpaired) electrons. The van der Waals surface area contributed by atoms with Crippen LogP contribution in [0.15, 0.2) is 29.2 Å². The Labute approximate surface area is 119 Å². The highest BCUT2D eigenvalue weighted by molar-refractivity contribution is 7.99. The van der Waals surface area contributed by atoms with E-state index in [0.717, 1.165) is 23.5 Å². The van der Waals surface area contributed by atoms with Crippen LogP contribution < -0.4 is 5.32 Å². The molecule has 1 unspecified atom stereocenters. The van der Waals surface area contributed by atoms with Crippen molar-refractivity contribution in [1.29, 1.82) is 0 Å². The van der Waals surface area contributed by atoms with Crippen LogP contribution in [0.4, 0.5) is 4.39 Å². The van der Waals surface area contributed by atoms with Gasteiger partial charge in [0, 0.05) is 16.5 Å². The zero-order valence-electron chi connectivity index (χ0n) is 11.9. The first-order chi connectivity index (χ1) is 8.95. The molecule has 0 aliphatic heterocycles. The molecule has 0 aliphatic carbocycles. The van der Waals surface area contributed by atoms with Gasteiger partial charge in [-0.25, -0.2) is 4.39 Å². The van der Waals surface area contributed by atoms with E-state index in [1.54, 1.807) is 23.9 Å². The zero-order valence-corrected chi connectivity index (χ0v) is 12.8. The molecule has 0 saturated carbocycles. The molecule has 0 spiro atoms. The van der Waals surface area contributed by atoms with E-state index >= 15 is 0 Å². The number of benzene rings is 1. The van der Waals surface area contributed by atoms with Crippen molar-refractivity contribution in [3.8, 4) is 0 Å². The molecule has 1 atom stereocenters. The van der Waals surface area contributed by atoms with Crippen LogP contribution in [0, 0.1) is 5.82 Å². The fourth-order valence-corrected chi connectivity index (χ4v) is 3.00. The van der Waals surface area contributed by atoms with Crippen molar-refractivity contribution in [3.05, 3.63) is 30.1 Å². The maximum Gasteiger partial charge on any atom is 0.124 e. The van der Waals surface area contributed by atoms with Crippen LogP contribution in [0.2, 0.25) is 0 Å². The molecule has 4 heteroatoms. The standard InChI is InChI=1S/C15H24FNOS/c1-12(2)17-15(3,11-18)8-5-9-19-14-7-4-6-13(16)10-14/h4,6-7,10,12,17-18H,5,8-9,11H2,1-3H3. The highest BCUT2D eigenvalue weighted by atomic mass is 32.2. The highest BCUT2D eigenvalue weighted by Gasteiger charge is 2.22. The van der Waals surface area contributed by atoms with Gasteiger partial charge in [0.25, 0.3) is 0 Å². The molecule has 19 heavy (non-hydrogen) atoms. The number of halogens is 1. The average Bonchev–Trinajstić information content (AvgIpc) is 2.34. The average molecular weight is 285 g/mol. The number of hydrogen-bond donors (Lipinski definition) is 2. The van der Waals surface area contributed by atoms with Gasteiger partial charge in [-0.15, -0.1) is 11.8 Å². The Morgan fingerprint density at radius 3 is 2.74 bits per heavy atom. The Kier molecular flexibility index (Phi) is 6.83. The van der Waals surface area contributed by atoms with Crippen molar-refractivity contribution in [2.45, 2.75) is 50.1 Å². The molecule has 2 N–H and O–H groups in total. The summed E-state index contributed by atoms with van der Waals surface area (Å²) in [5, 5.41) is 12.9. The van der Waals surface area contributed by atoms with Crippen molar-refractivity contribution < 1.29 is 9.50 Å². The maximum atomic E-state index is 13.0. The topological polar surface area (TPSA) is 32.3 Å². The van der Waals surface area contributed by atoms with E-state index < -0.39 is 0 Å². The summed E-state index contributed by atoms with van der Waals surface area (Å²) < 4.78 is 13.0. The summed E-state index contributed by atoms with van der Waals surface area (Å²) in [5.41, 5.74) is -0.226. The van der Waals surface area contributed by atoms with Gasteiger partial charge in [0.15, 0.2) is 0 Å². The maximum absolute atomic E-state index is 13.0. The third-order valence-corrected chi connectivity index (χ3v) is 4.00. The smallest absolute Gasteiger partial charge is 0.124 e. The minimum Gasteiger partial charge on any atom is -0.394 e. The molecule has 0 aromatic heterocycles. The van der Waals surface area contributed by atoms with E-state index in [4.69, 9.17) is 0 Å². The monoisotopic (exact) mass is 285 g/mol. The van der Waals surface area contributed by atoms with E-state index in [2.05, 4.69) is 19.2 Å². The molecule has 1 aromatic rings. The van der Waals surface area contributed by atoms with E-state index in [1.807, 2.05) is 13.0 Å². The van der Waals surface area contributed by atoms with E-state index in [1.165, 1.54) is 6.07 Å². The molecule has 1 rings (SSSR count). The lowest BCUT2D eigenvalue weighted by molar-refractivity contribution is 0.156. The van der Waals surface area contributed by atoms with Crippen molar-refractivity contribution in [3.63, 3.8) is 0 Å². The Morgan fingerprint density at radius 2 is 2.16 bits per heavy atom. The lowest BCUT2D eigenvalue weighted by atomic mass is 9.96. The summed E-state index contributed by atoms with van der Waals surface area (Å²) in [6, 6.07) is 7.02. The molecule has 0 saturated heterocycles. The van der Waals surface area contributed by atoms with Crippen LogP contribution in [0.1, 0.15) is 33.6 Å².